The summed E-state index contributed by atoms with van der Waals surface area (Å²) in [5, 5.41) is 0. The number of hydrogen-bond acceptors (Lipinski definition) is 2. The van der Waals surface area contributed by atoms with E-state index >= 15 is 0 Å². The van der Waals surface area contributed by atoms with Gasteiger partial charge in [-0.2, -0.15) is 0 Å². The van der Waals surface area contributed by atoms with Gasteiger partial charge in [0.25, 0.3) is 0 Å². The lowest BCUT2D eigenvalue weighted by molar-refractivity contribution is -0.122. The highest BCUT2D eigenvalue weighted by atomic mass is 16.3. The normalized spacial score (nSPS) is 48.1. The molecule has 4 atom stereocenters. The molecule has 1 unspecified atom stereocenters. The molecular weight excluding hydrogens is 224 g/mol. The molecule has 0 aliphatic heterocycles. The summed E-state index contributed by atoms with van der Waals surface area (Å²) in [6.45, 7) is 7.04. The van der Waals surface area contributed by atoms with Gasteiger partial charge in [0.15, 0.2) is 0 Å². The van der Waals surface area contributed by atoms with Crippen LogP contribution in [0.2, 0.25) is 0 Å². The Labute approximate surface area is 108 Å². The number of fused-ring (bicyclic) bond motifs is 1. The number of hydrogen-bond donors (Lipinski definition) is 0. The van der Waals surface area contributed by atoms with E-state index in [2.05, 4.69) is 20.8 Å². The van der Waals surface area contributed by atoms with E-state index in [4.69, 9.17) is 4.42 Å². The Balaban J connectivity index is 1.91. The van der Waals surface area contributed by atoms with Crippen LogP contribution in [-0.2, 0) is 10.2 Å². The van der Waals surface area contributed by atoms with Crippen molar-refractivity contribution in [2.45, 2.75) is 45.4 Å². The van der Waals surface area contributed by atoms with Gasteiger partial charge in [-0.15, -0.1) is 0 Å². The summed E-state index contributed by atoms with van der Waals surface area (Å²) in [6, 6.07) is 2.01. The number of ketones is 1. The molecule has 18 heavy (non-hydrogen) atoms. The Morgan fingerprint density at radius 3 is 2.72 bits per heavy atom. The molecule has 0 radical (unpaired) electrons. The quantitative estimate of drug-likeness (QED) is 0.756. The van der Waals surface area contributed by atoms with Crippen LogP contribution in [0.15, 0.2) is 23.0 Å². The van der Waals surface area contributed by atoms with Gasteiger partial charge in [0.05, 0.1) is 17.9 Å². The Bertz CT molecular complexity index is 527. The third-order valence-electron chi connectivity index (χ3n) is 6.56. The molecule has 3 aliphatic rings. The standard InChI is InChI=1S/C16H20O2/c1-14(2)6-4-11-15(3)12(14)8-13(17)16(11,15)10-5-7-18-9-10/h5,7,9,11-12H,4,6,8H2,1-3H3/t11?,12-,15+,16-/m0/s1. The van der Waals surface area contributed by atoms with Crippen LogP contribution < -0.4 is 0 Å². The van der Waals surface area contributed by atoms with E-state index in [9.17, 15) is 4.79 Å². The van der Waals surface area contributed by atoms with Gasteiger partial charge < -0.3 is 4.42 Å². The van der Waals surface area contributed by atoms with E-state index in [0.29, 0.717) is 23.0 Å². The molecule has 0 aromatic carbocycles. The summed E-state index contributed by atoms with van der Waals surface area (Å²) in [6.07, 6.45) is 6.73. The fourth-order valence-electron chi connectivity index (χ4n) is 5.76. The van der Waals surface area contributed by atoms with Crippen molar-refractivity contribution in [3.05, 3.63) is 24.2 Å². The third kappa shape index (κ3) is 0.837. The third-order valence-corrected chi connectivity index (χ3v) is 6.56. The number of rotatable bonds is 1. The van der Waals surface area contributed by atoms with E-state index in [-0.39, 0.29) is 10.8 Å². The first kappa shape index (κ1) is 10.8. The zero-order valence-corrected chi connectivity index (χ0v) is 11.3. The molecule has 96 valence electrons. The Morgan fingerprint density at radius 2 is 2.06 bits per heavy atom. The fourth-order valence-corrected chi connectivity index (χ4v) is 5.76. The number of carbonyl (C=O) groups is 1. The molecule has 2 heteroatoms. The maximum atomic E-state index is 12.7. The summed E-state index contributed by atoms with van der Waals surface area (Å²) in [5.41, 5.74) is 1.44. The van der Waals surface area contributed by atoms with Gasteiger partial charge >= 0.3 is 0 Å². The predicted molar refractivity (Wildman–Crippen MR) is 68.1 cm³/mol. The Morgan fingerprint density at radius 1 is 1.28 bits per heavy atom. The van der Waals surface area contributed by atoms with E-state index < -0.39 is 0 Å². The zero-order chi connectivity index (χ0) is 12.8. The lowest BCUT2D eigenvalue weighted by atomic mass is 9.63. The molecule has 1 aromatic heterocycles. The van der Waals surface area contributed by atoms with Crippen LogP contribution in [0.4, 0.5) is 0 Å². The van der Waals surface area contributed by atoms with Crippen LogP contribution in [0.25, 0.3) is 0 Å². The maximum absolute atomic E-state index is 12.7. The summed E-state index contributed by atoms with van der Waals surface area (Å²) in [7, 11) is 0. The van der Waals surface area contributed by atoms with Crippen molar-refractivity contribution < 1.29 is 9.21 Å². The first-order valence-corrected chi connectivity index (χ1v) is 7.01. The highest BCUT2D eigenvalue weighted by Gasteiger charge is 2.86. The molecule has 0 bridgehead atoms. The SMILES string of the molecule is CC1(C)CCC2[C@@]3(c4ccoc4)C(=O)C[C@@H]1[C@@]23C. The van der Waals surface area contributed by atoms with Gasteiger partial charge in [0.2, 0.25) is 0 Å². The lowest BCUT2D eigenvalue weighted by Gasteiger charge is -2.41. The van der Waals surface area contributed by atoms with Crippen molar-refractivity contribution in [1.82, 2.24) is 0 Å². The van der Waals surface area contributed by atoms with Gasteiger partial charge in [-0.05, 0) is 41.6 Å². The molecule has 3 saturated carbocycles. The van der Waals surface area contributed by atoms with E-state index in [0.717, 1.165) is 12.0 Å². The molecular formula is C16H20O2. The van der Waals surface area contributed by atoms with Crippen LogP contribution in [-0.4, -0.2) is 5.78 Å². The maximum Gasteiger partial charge on any atom is 0.144 e. The first-order valence-electron chi connectivity index (χ1n) is 7.01. The van der Waals surface area contributed by atoms with Crippen molar-refractivity contribution in [1.29, 1.82) is 0 Å². The second kappa shape index (κ2) is 2.76. The summed E-state index contributed by atoms with van der Waals surface area (Å²) in [5.74, 6) is 1.57. The van der Waals surface area contributed by atoms with Crippen molar-refractivity contribution in [3.8, 4) is 0 Å². The van der Waals surface area contributed by atoms with Crippen LogP contribution in [0, 0.1) is 22.7 Å². The highest BCUT2D eigenvalue weighted by molar-refractivity contribution is 5.99. The second-order valence-corrected chi connectivity index (χ2v) is 7.36. The molecule has 3 fully saturated rings. The topological polar surface area (TPSA) is 30.2 Å². The molecule has 0 spiro atoms. The minimum Gasteiger partial charge on any atom is -0.472 e. The average Bonchev–Trinajstić information content (AvgIpc) is 2.70. The number of Topliss-reactive ketones (excluding diaryl/α,β-unsaturated/α-hetero) is 1. The summed E-state index contributed by atoms with van der Waals surface area (Å²) < 4.78 is 5.26. The predicted octanol–water partition coefficient (Wildman–Crippen LogP) is 3.56. The molecule has 1 heterocycles. The van der Waals surface area contributed by atoms with E-state index in [1.165, 1.54) is 12.8 Å². The number of carbonyl (C=O) groups excluding carboxylic acids is 1. The molecule has 0 N–H and O–H groups in total. The molecule has 3 aliphatic carbocycles. The van der Waals surface area contributed by atoms with Crippen LogP contribution in [0.5, 0.6) is 0 Å². The molecule has 0 saturated heterocycles. The van der Waals surface area contributed by atoms with Gasteiger partial charge in [-0.25, -0.2) is 0 Å². The minimum atomic E-state index is -0.196. The molecule has 1 aromatic rings. The van der Waals surface area contributed by atoms with Gasteiger partial charge in [-0.3, -0.25) is 4.79 Å². The fraction of sp³-hybridized carbons (Fsp3) is 0.688. The summed E-state index contributed by atoms with van der Waals surface area (Å²) >= 11 is 0. The van der Waals surface area contributed by atoms with E-state index in [1.54, 1.807) is 12.5 Å². The van der Waals surface area contributed by atoms with Crippen molar-refractivity contribution in [3.63, 3.8) is 0 Å². The smallest absolute Gasteiger partial charge is 0.144 e. The Kier molecular flexibility index (Phi) is 1.66. The molecule has 0 amide bonds. The van der Waals surface area contributed by atoms with Crippen LogP contribution >= 0.6 is 0 Å². The van der Waals surface area contributed by atoms with Gasteiger partial charge in [0, 0.05) is 12.0 Å². The largest absolute Gasteiger partial charge is 0.472 e. The second-order valence-electron chi connectivity index (χ2n) is 7.36. The van der Waals surface area contributed by atoms with Gasteiger partial charge in [0.1, 0.15) is 5.78 Å². The summed E-state index contributed by atoms with van der Waals surface area (Å²) in [4.78, 5) is 12.7. The van der Waals surface area contributed by atoms with Crippen molar-refractivity contribution in [2.75, 3.05) is 0 Å². The molecule has 4 rings (SSSR count). The number of furan rings is 1. The van der Waals surface area contributed by atoms with Crippen molar-refractivity contribution in [2.24, 2.45) is 22.7 Å². The average molecular weight is 244 g/mol. The van der Waals surface area contributed by atoms with Crippen LogP contribution in [0.3, 0.4) is 0 Å². The zero-order valence-electron chi connectivity index (χ0n) is 11.3. The van der Waals surface area contributed by atoms with Gasteiger partial charge in [-0.1, -0.05) is 20.8 Å². The lowest BCUT2D eigenvalue weighted by Crippen LogP contribution is -2.34. The van der Waals surface area contributed by atoms with Crippen molar-refractivity contribution >= 4 is 5.78 Å². The Hall–Kier alpha value is -1.05. The van der Waals surface area contributed by atoms with Crippen LogP contribution in [0.1, 0.15) is 45.6 Å². The monoisotopic (exact) mass is 244 g/mol. The minimum absolute atomic E-state index is 0.190. The van der Waals surface area contributed by atoms with E-state index in [1.807, 2.05) is 6.07 Å². The highest BCUT2D eigenvalue weighted by Crippen LogP contribution is 2.84. The molecule has 2 nitrogen and oxygen atoms in total. The first-order chi connectivity index (χ1) is 8.45.